The van der Waals surface area contributed by atoms with Gasteiger partial charge in [0.1, 0.15) is 18.2 Å². The highest BCUT2D eigenvalue weighted by Crippen LogP contribution is 2.36. The van der Waals surface area contributed by atoms with E-state index in [2.05, 4.69) is 21.2 Å². The summed E-state index contributed by atoms with van der Waals surface area (Å²) in [6.07, 6.45) is 1.47. The molecular formula is C25H19BrCl2N2O3. The molecule has 0 unspecified atom stereocenters. The van der Waals surface area contributed by atoms with Gasteiger partial charge in [0.2, 0.25) is 0 Å². The first-order valence-electron chi connectivity index (χ1n) is 9.93. The number of nitriles is 1. The Bertz CT molecular complexity index is 1240. The van der Waals surface area contributed by atoms with Gasteiger partial charge in [-0.1, -0.05) is 69.5 Å². The lowest BCUT2D eigenvalue weighted by Gasteiger charge is -2.15. The van der Waals surface area contributed by atoms with Crippen LogP contribution in [0.4, 0.5) is 5.69 Å². The molecule has 3 aromatic rings. The first kappa shape index (κ1) is 24.7. The third kappa shape index (κ3) is 6.52. The van der Waals surface area contributed by atoms with Crippen molar-refractivity contribution in [1.29, 1.82) is 5.26 Å². The number of hydrogen-bond acceptors (Lipinski definition) is 4. The lowest BCUT2D eigenvalue weighted by Crippen LogP contribution is -2.13. The molecule has 0 aromatic heterocycles. The first-order chi connectivity index (χ1) is 15.9. The van der Waals surface area contributed by atoms with Crippen LogP contribution in [0.15, 0.2) is 70.7 Å². The number of hydrogen-bond donors (Lipinski definition) is 1. The molecule has 0 saturated carbocycles. The summed E-state index contributed by atoms with van der Waals surface area (Å²) >= 11 is 15.8. The molecule has 0 aliphatic carbocycles. The fourth-order valence-corrected chi connectivity index (χ4v) is 3.68. The Balaban J connectivity index is 1.87. The molecule has 0 fully saturated rings. The third-order valence-corrected chi connectivity index (χ3v) is 5.88. The number of para-hydroxylation sites is 1. The van der Waals surface area contributed by atoms with Crippen LogP contribution in [0, 0.1) is 11.3 Å². The molecule has 1 N–H and O–H groups in total. The van der Waals surface area contributed by atoms with Crippen molar-refractivity contribution in [3.05, 3.63) is 91.9 Å². The second-order valence-electron chi connectivity index (χ2n) is 6.74. The van der Waals surface area contributed by atoms with Crippen LogP contribution in [-0.4, -0.2) is 12.5 Å². The fraction of sp³-hybridized carbons (Fsp3) is 0.120. The number of rotatable bonds is 8. The Labute approximate surface area is 210 Å². The summed E-state index contributed by atoms with van der Waals surface area (Å²) in [6, 6.07) is 19.6. The second-order valence-corrected chi connectivity index (χ2v) is 8.41. The van der Waals surface area contributed by atoms with Gasteiger partial charge in [0, 0.05) is 15.1 Å². The fourth-order valence-electron chi connectivity index (χ4n) is 2.87. The van der Waals surface area contributed by atoms with Gasteiger partial charge in [0.15, 0.2) is 11.5 Å². The number of ether oxygens (including phenoxy) is 2. The van der Waals surface area contributed by atoms with E-state index in [1.54, 1.807) is 42.5 Å². The maximum atomic E-state index is 12.6. The molecule has 1 amide bonds. The lowest BCUT2D eigenvalue weighted by molar-refractivity contribution is -0.112. The maximum absolute atomic E-state index is 12.6. The van der Waals surface area contributed by atoms with Crippen molar-refractivity contribution in [3.63, 3.8) is 0 Å². The van der Waals surface area contributed by atoms with Gasteiger partial charge in [0.05, 0.1) is 17.3 Å². The highest BCUT2D eigenvalue weighted by Gasteiger charge is 2.15. The molecule has 33 heavy (non-hydrogen) atoms. The zero-order chi connectivity index (χ0) is 23.8. The quantitative estimate of drug-likeness (QED) is 0.238. The van der Waals surface area contributed by atoms with Gasteiger partial charge >= 0.3 is 0 Å². The standard InChI is InChI=1S/C25H19BrCl2N2O3/c1-2-32-23-12-17(11-18(14-29)25(31)30-22-10-6-5-9-21(22)28)19(26)13-24(23)33-15-16-7-3-4-8-20(16)27/h3-13H,2,15H2,1H3,(H,30,31)/b18-11+. The molecule has 5 nitrogen and oxygen atoms in total. The van der Waals surface area contributed by atoms with Gasteiger partial charge in [-0.15, -0.1) is 0 Å². The monoisotopic (exact) mass is 544 g/mol. The number of nitrogens with one attached hydrogen (secondary N) is 1. The Morgan fingerprint density at radius 1 is 1.06 bits per heavy atom. The van der Waals surface area contributed by atoms with Gasteiger partial charge in [0.25, 0.3) is 5.91 Å². The molecule has 3 aromatic carbocycles. The Morgan fingerprint density at radius 2 is 1.73 bits per heavy atom. The van der Waals surface area contributed by atoms with E-state index in [-0.39, 0.29) is 12.2 Å². The minimum Gasteiger partial charge on any atom is -0.490 e. The van der Waals surface area contributed by atoms with Crippen LogP contribution in [0.5, 0.6) is 11.5 Å². The van der Waals surface area contributed by atoms with Crippen LogP contribution >= 0.6 is 39.1 Å². The van der Waals surface area contributed by atoms with Gasteiger partial charge in [-0.25, -0.2) is 0 Å². The van der Waals surface area contributed by atoms with Crippen molar-refractivity contribution in [2.24, 2.45) is 0 Å². The second kappa shape index (κ2) is 11.8. The van der Waals surface area contributed by atoms with Crippen LogP contribution < -0.4 is 14.8 Å². The van der Waals surface area contributed by atoms with Crippen molar-refractivity contribution >= 4 is 56.8 Å². The van der Waals surface area contributed by atoms with Crippen molar-refractivity contribution in [2.75, 3.05) is 11.9 Å². The number of carbonyl (C=O) groups is 1. The maximum Gasteiger partial charge on any atom is 0.266 e. The summed E-state index contributed by atoms with van der Waals surface area (Å²) in [5.74, 6) is 0.400. The average Bonchev–Trinajstić information content (AvgIpc) is 2.80. The van der Waals surface area contributed by atoms with Gasteiger partial charge in [-0.05, 0) is 48.9 Å². The van der Waals surface area contributed by atoms with E-state index < -0.39 is 5.91 Å². The van der Waals surface area contributed by atoms with Gasteiger partial charge < -0.3 is 14.8 Å². The normalized spacial score (nSPS) is 10.9. The number of benzene rings is 3. The molecule has 0 aliphatic heterocycles. The predicted octanol–water partition coefficient (Wildman–Crippen LogP) is 7.28. The van der Waals surface area contributed by atoms with Crippen molar-refractivity contribution in [2.45, 2.75) is 13.5 Å². The van der Waals surface area contributed by atoms with Gasteiger partial charge in [-0.2, -0.15) is 5.26 Å². The summed E-state index contributed by atoms with van der Waals surface area (Å²) in [7, 11) is 0. The highest BCUT2D eigenvalue weighted by atomic mass is 79.9. The Kier molecular flexibility index (Phi) is 8.79. The van der Waals surface area contributed by atoms with Crippen LogP contribution in [0.25, 0.3) is 6.08 Å². The largest absolute Gasteiger partial charge is 0.490 e. The van der Waals surface area contributed by atoms with E-state index in [0.29, 0.717) is 43.9 Å². The van der Waals surface area contributed by atoms with Crippen molar-refractivity contribution in [1.82, 2.24) is 0 Å². The predicted molar refractivity (Wildman–Crippen MR) is 135 cm³/mol. The molecule has 0 heterocycles. The summed E-state index contributed by atoms with van der Waals surface area (Å²) in [5.41, 5.74) is 1.74. The minimum atomic E-state index is -0.575. The number of anilines is 1. The Morgan fingerprint density at radius 3 is 2.39 bits per heavy atom. The summed E-state index contributed by atoms with van der Waals surface area (Å²) in [4.78, 5) is 12.6. The number of nitrogens with zero attached hydrogens (tertiary/aromatic N) is 1. The third-order valence-electron chi connectivity index (χ3n) is 4.49. The van der Waals surface area contributed by atoms with E-state index in [0.717, 1.165) is 5.56 Å². The Hall–Kier alpha value is -2.98. The van der Waals surface area contributed by atoms with Crippen LogP contribution in [0.3, 0.4) is 0 Å². The van der Waals surface area contributed by atoms with Crippen LogP contribution in [-0.2, 0) is 11.4 Å². The van der Waals surface area contributed by atoms with Crippen molar-refractivity contribution < 1.29 is 14.3 Å². The van der Waals surface area contributed by atoms with Crippen LogP contribution in [0.2, 0.25) is 10.0 Å². The molecule has 0 aliphatic rings. The highest BCUT2D eigenvalue weighted by molar-refractivity contribution is 9.10. The molecular weight excluding hydrogens is 527 g/mol. The molecule has 0 bridgehead atoms. The van der Waals surface area contributed by atoms with E-state index >= 15 is 0 Å². The lowest BCUT2D eigenvalue weighted by atomic mass is 10.1. The molecule has 0 radical (unpaired) electrons. The molecule has 3 rings (SSSR count). The van der Waals surface area contributed by atoms with Crippen LogP contribution in [0.1, 0.15) is 18.1 Å². The molecule has 0 saturated heterocycles. The summed E-state index contributed by atoms with van der Waals surface area (Å²) in [5, 5.41) is 13.2. The SMILES string of the molecule is CCOc1cc(/C=C(\C#N)C(=O)Nc2ccccc2Cl)c(Br)cc1OCc1ccccc1Cl. The number of carbonyl (C=O) groups excluding carboxylic acids is 1. The van der Waals surface area contributed by atoms with E-state index in [1.807, 2.05) is 31.2 Å². The van der Waals surface area contributed by atoms with E-state index in [9.17, 15) is 10.1 Å². The van der Waals surface area contributed by atoms with Crippen molar-refractivity contribution in [3.8, 4) is 17.6 Å². The van der Waals surface area contributed by atoms with E-state index in [1.165, 1.54) is 6.08 Å². The smallest absolute Gasteiger partial charge is 0.266 e. The van der Waals surface area contributed by atoms with E-state index in [4.69, 9.17) is 32.7 Å². The average molecular weight is 546 g/mol. The number of halogens is 3. The molecule has 0 spiro atoms. The first-order valence-corrected chi connectivity index (χ1v) is 11.5. The topological polar surface area (TPSA) is 71.3 Å². The summed E-state index contributed by atoms with van der Waals surface area (Å²) in [6.45, 7) is 2.52. The minimum absolute atomic E-state index is 0.0946. The molecule has 8 heteroatoms. The van der Waals surface area contributed by atoms with Gasteiger partial charge in [-0.3, -0.25) is 4.79 Å². The summed E-state index contributed by atoms with van der Waals surface area (Å²) < 4.78 is 12.3. The molecule has 168 valence electrons. The zero-order valence-electron chi connectivity index (χ0n) is 17.6. The molecule has 0 atom stereocenters. The zero-order valence-corrected chi connectivity index (χ0v) is 20.7. The number of amides is 1.